The number of para-hydroxylation sites is 1. The Morgan fingerprint density at radius 1 is 1.25 bits per heavy atom. The normalized spacial score (nSPS) is 10.7. The van der Waals surface area contributed by atoms with Gasteiger partial charge in [0.2, 0.25) is 0 Å². The maximum absolute atomic E-state index is 5.90. The summed E-state index contributed by atoms with van der Waals surface area (Å²) in [6.07, 6.45) is 2.96. The number of aryl methyl sites for hydroxylation is 1. The van der Waals surface area contributed by atoms with Crippen LogP contribution in [0, 0.1) is 6.92 Å². The fourth-order valence-corrected chi connectivity index (χ4v) is 2.07. The first-order valence-corrected chi connectivity index (χ1v) is 7.21. The van der Waals surface area contributed by atoms with Crippen molar-refractivity contribution in [2.75, 3.05) is 13.2 Å². The first kappa shape index (κ1) is 14.6. The molecule has 1 aromatic heterocycles. The van der Waals surface area contributed by atoms with Gasteiger partial charge in [0.25, 0.3) is 0 Å². The number of nitrogens with one attached hydrogen (secondary N) is 1. The summed E-state index contributed by atoms with van der Waals surface area (Å²) in [5.74, 6) is 0.959. The Morgan fingerprint density at radius 3 is 2.85 bits per heavy atom. The Labute approximate surface area is 120 Å². The first-order chi connectivity index (χ1) is 9.81. The van der Waals surface area contributed by atoms with Crippen LogP contribution in [-0.4, -0.2) is 22.9 Å². The van der Waals surface area contributed by atoms with Crippen molar-refractivity contribution >= 4 is 0 Å². The zero-order chi connectivity index (χ0) is 14.2. The SMILES string of the molecule is CCCNCc1ccccc1OCCn1nccc1C. The third-order valence-electron chi connectivity index (χ3n) is 3.20. The van der Waals surface area contributed by atoms with Crippen LogP contribution in [0.1, 0.15) is 24.6 Å². The van der Waals surface area contributed by atoms with Crippen LogP contribution in [0.2, 0.25) is 0 Å². The van der Waals surface area contributed by atoms with Crippen molar-refractivity contribution in [3.8, 4) is 5.75 Å². The Balaban J connectivity index is 1.87. The summed E-state index contributed by atoms with van der Waals surface area (Å²) in [7, 11) is 0. The minimum absolute atomic E-state index is 0.632. The second-order valence-electron chi connectivity index (χ2n) is 4.83. The molecule has 0 radical (unpaired) electrons. The smallest absolute Gasteiger partial charge is 0.123 e. The number of benzene rings is 1. The highest BCUT2D eigenvalue weighted by atomic mass is 16.5. The summed E-state index contributed by atoms with van der Waals surface area (Å²) in [5.41, 5.74) is 2.37. The first-order valence-electron chi connectivity index (χ1n) is 7.21. The molecule has 0 saturated carbocycles. The fourth-order valence-electron chi connectivity index (χ4n) is 2.07. The number of rotatable bonds is 8. The fraction of sp³-hybridized carbons (Fsp3) is 0.438. The zero-order valence-corrected chi connectivity index (χ0v) is 12.3. The van der Waals surface area contributed by atoms with Crippen molar-refractivity contribution in [3.63, 3.8) is 0 Å². The third kappa shape index (κ3) is 4.10. The van der Waals surface area contributed by atoms with Crippen molar-refractivity contribution in [1.82, 2.24) is 15.1 Å². The van der Waals surface area contributed by atoms with E-state index in [0.717, 1.165) is 37.5 Å². The predicted octanol–water partition coefficient (Wildman–Crippen LogP) is 2.77. The van der Waals surface area contributed by atoms with Crippen LogP contribution < -0.4 is 10.1 Å². The Morgan fingerprint density at radius 2 is 2.10 bits per heavy atom. The largest absolute Gasteiger partial charge is 0.491 e. The van der Waals surface area contributed by atoms with E-state index in [9.17, 15) is 0 Å². The monoisotopic (exact) mass is 273 g/mol. The maximum atomic E-state index is 5.90. The lowest BCUT2D eigenvalue weighted by Gasteiger charge is -2.12. The van der Waals surface area contributed by atoms with Gasteiger partial charge in [-0.05, 0) is 32.0 Å². The lowest BCUT2D eigenvalue weighted by molar-refractivity contribution is 0.286. The molecule has 1 aromatic carbocycles. The summed E-state index contributed by atoms with van der Waals surface area (Å²) < 4.78 is 7.85. The number of hydrogen-bond donors (Lipinski definition) is 1. The number of hydrogen-bond acceptors (Lipinski definition) is 3. The van der Waals surface area contributed by atoms with Crippen LogP contribution in [0.25, 0.3) is 0 Å². The summed E-state index contributed by atoms with van der Waals surface area (Å²) in [6.45, 7) is 7.51. The average Bonchev–Trinajstić information content (AvgIpc) is 2.86. The van der Waals surface area contributed by atoms with Crippen LogP contribution in [0.5, 0.6) is 5.75 Å². The van der Waals surface area contributed by atoms with Gasteiger partial charge in [-0.25, -0.2) is 0 Å². The van der Waals surface area contributed by atoms with Crippen LogP contribution in [0.4, 0.5) is 0 Å². The minimum Gasteiger partial charge on any atom is -0.491 e. The molecule has 4 heteroatoms. The minimum atomic E-state index is 0.632. The van der Waals surface area contributed by atoms with E-state index in [0.29, 0.717) is 6.61 Å². The molecular formula is C16H23N3O. The van der Waals surface area contributed by atoms with Crippen LogP contribution >= 0.6 is 0 Å². The molecule has 0 unspecified atom stereocenters. The number of nitrogens with zero attached hydrogens (tertiary/aromatic N) is 2. The molecule has 0 atom stereocenters. The molecule has 0 aliphatic heterocycles. The molecule has 0 aliphatic rings. The van der Waals surface area contributed by atoms with Gasteiger partial charge in [-0.1, -0.05) is 25.1 Å². The highest BCUT2D eigenvalue weighted by Gasteiger charge is 2.03. The molecule has 108 valence electrons. The second-order valence-corrected chi connectivity index (χ2v) is 4.83. The molecule has 0 saturated heterocycles. The Hall–Kier alpha value is -1.81. The molecule has 0 fully saturated rings. The lowest BCUT2D eigenvalue weighted by atomic mass is 10.2. The molecular weight excluding hydrogens is 250 g/mol. The topological polar surface area (TPSA) is 39.1 Å². The third-order valence-corrected chi connectivity index (χ3v) is 3.20. The van der Waals surface area contributed by atoms with E-state index < -0.39 is 0 Å². The van der Waals surface area contributed by atoms with Gasteiger partial charge in [-0.3, -0.25) is 4.68 Å². The Kier molecular flexibility index (Phi) is 5.62. The maximum Gasteiger partial charge on any atom is 0.123 e. The van der Waals surface area contributed by atoms with Crippen molar-refractivity contribution in [2.24, 2.45) is 0 Å². The van der Waals surface area contributed by atoms with Crippen molar-refractivity contribution in [2.45, 2.75) is 33.4 Å². The lowest BCUT2D eigenvalue weighted by Crippen LogP contribution is -2.16. The molecule has 2 aromatic rings. The van der Waals surface area contributed by atoms with E-state index in [1.165, 1.54) is 5.56 Å². The van der Waals surface area contributed by atoms with Gasteiger partial charge >= 0.3 is 0 Å². The Bertz CT molecular complexity index is 522. The molecule has 0 amide bonds. The van der Waals surface area contributed by atoms with Gasteiger partial charge in [0, 0.05) is 24.0 Å². The quantitative estimate of drug-likeness (QED) is 0.752. The predicted molar refractivity (Wildman–Crippen MR) is 80.9 cm³/mol. The second kappa shape index (κ2) is 7.70. The molecule has 0 spiro atoms. The van der Waals surface area contributed by atoms with Crippen LogP contribution in [0.15, 0.2) is 36.5 Å². The van der Waals surface area contributed by atoms with Gasteiger partial charge in [-0.2, -0.15) is 5.10 Å². The van der Waals surface area contributed by atoms with E-state index in [4.69, 9.17) is 4.74 Å². The molecule has 0 aliphatic carbocycles. The number of ether oxygens (including phenoxy) is 1. The van der Waals surface area contributed by atoms with Crippen molar-refractivity contribution in [3.05, 3.63) is 47.8 Å². The van der Waals surface area contributed by atoms with Gasteiger partial charge in [0.05, 0.1) is 6.54 Å². The van der Waals surface area contributed by atoms with E-state index >= 15 is 0 Å². The van der Waals surface area contributed by atoms with Crippen LogP contribution in [0.3, 0.4) is 0 Å². The summed E-state index contributed by atoms with van der Waals surface area (Å²) in [6, 6.07) is 10.2. The van der Waals surface area contributed by atoms with Gasteiger partial charge < -0.3 is 10.1 Å². The van der Waals surface area contributed by atoms with Gasteiger partial charge in [0.15, 0.2) is 0 Å². The molecule has 1 N–H and O–H groups in total. The molecule has 4 nitrogen and oxygen atoms in total. The highest BCUT2D eigenvalue weighted by molar-refractivity contribution is 5.33. The number of aromatic nitrogens is 2. The molecule has 2 rings (SSSR count). The average molecular weight is 273 g/mol. The van der Waals surface area contributed by atoms with E-state index in [1.807, 2.05) is 35.1 Å². The molecule has 20 heavy (non-hydrogen) atoms. The van der Waals surface area contributed by atoms with E-state index in [-0.39, 0.29) is 0 Å². The van der Waals surface area contributed by atoms with Gasteiger partial charge in [-0.15, -0.1) is 0 Å². The zero-order valence-electron chi connectivity index (χ0n) is 12.3. The molecule has 0 bridgehead atoms. The van der Waals surface area contributed by atoms with E-state index in [1.54, 1.807) is 0 Å². The highest BCUT2D eigenvalue weighted by Crippen LogP contribution is 2.17. The van der Waals surface area contributed by atoms with Crippen LogP contribution in [-0.2, 0) is 13.1 Å². The van der Waals surface area contributed by atoms with Crippen molar-refractivity contribution in [1.29, 1.82) is 0 Å². The summed E-state index contributed by atoms with van der Waals surface area (Å²) in [4.78, 5) is 0. The summed E-state index contributed by atoms with van der Waals surface area (Å²) in [5, 5.41) is 7.66. The van der Waals surface area contributed by atoms with Gasteiger partial charge in [0.1, 0.15) is 12.4 Å². The molecule has 1 heterocycles. The standard InChI is InChI=1S/C16H23N3O/c1-3-9-17-13-15-6-4-5-7-16(15)20-12-11-19-14(2)8-10-18-19/h4-8,10,17H,3,9,11-13H2,1-2H3. The van der Waals surface area contributed by atoms with Crippen molar-refractivity contribution < 1.29 is 4.74 Å². The summed E-state index contributed by atoms with van der Waals surface area (Å²) >= 11 is 0. The van der Waals surface area contributed by atoms with E-state index in [2.05, 4.69) is 30.3 Å².